The third-order valence-electron chi connectivity index (χ3n) is 1.36. The SMILES string of the molecule is C[C@]1(N)CNC(=O)NC1=O. The predicted octanol–water partition coefficient (Wildman–Crippen LogP) is -1.46. The van der Waals surface area contributed by atoms with Crippen molar-refractivity contribution >= 4 is 11.9 Å². The van der Waals surface area contributed by atoms with Crippen molar-refractivity contribution in [2.45, 2.75) is 12.5 Å². The average molecular weight is 143 g/mol. The van der Waals surface area contributed by atoms with E-state index in [9.17, 15) is 9.59 Å². The van der Waals surface area contributed by atoms with Crippen molar-refractivity contribution in [3.05, 3.63) is 0 Å². The average Bonchev–Trinajstić information content (AvgIpc) is 1.81. The molecule has 0 unspecified atom stereocenters. The summed E-state index contributed by atoms with van der Waals surface area (Å²) in [7, 11) is 0. The van der Waals surface area contributed by atoms with Gasteiger partial charge in [-0.15, -0.1) is 0 Å². The molecule has 0 aromatic carbocycles. The number of nitrogens with one attached hydrogen (secondary N) is 2. The van der Waals surface area contributed by atoms with E-state index in [1.165, 1.54) is 0 Å². The normalized spacial score (nSPS) is 33.0. The van der Waals surface area contributed by atoms with Crippen molar-refractivity contribution < 1.29 is 9.59 Å². The van der Waals surface area contributed by atoms with Gasteiger partial charge in [0.05, 0.1) is 0 Å². The topological polar surface area (TPSA) is 84.2 Å². The van der Waals surface area contributed by atoms with Gasteiger partial charge in [-0.05, 0) is 6.92 Å². The number of carbonyl (C=O) groups excluding carboxylic acids is 2. The fraction of sp³-hybridized carbons (Fsp3) is 0.600. The lowest BCUT2D eigenvalue weighted by atomic mass is 10.0. The molecule has 0 saturated carbocycles. The zero-order valence-electron chi connectivity index (χ0n) is 5.60. The van der Waals surface area contributed by atoms with E-state index >= 15 is 0 Å². The zero-order valence-corrected chi connectivity index (χ0v) is 5.60. The maximum Gasteiger partial charge on any atom is 0.321 e. The summed E-state index contributed by atoms with van der Waals surface area (Å²) in [6.45, 7) is 1.75. The van der Waals surface area contributed by atoms with Gasteiger partial charge >= 0.3 is 6.03 Å². The molecular formula is C5H9N3O2. The molecule has 5 nitrogen and oxygen atoms in total. The first-order valence-corrected chi connectivity index (χ1v) is 2.90. The molecule has 3 amide bonds. The zero-order chi connectivity index (χ0) is 7.78. The van der Waals surface area contributed by atoms with Gasteiger partial charge in [0, 0.05) is 6.54 Å². The molecule has 56 valence electrons. The van der Waals surface area contributed by atoms with Crippen LogP contribution in [0.4, 0.5) is 4.79 Å². The number of carbonyl (C=O) groups is 2. The molecule has 0 bridgehead atoms. The summed E-state index contributed by atoms with van der Waals surface area (Å²) in [5.41, 5.74) is 4.49. The van der Waals surface area contributed by atoms with Crippen LogP contribution in [0.3, 0.4) is 0 Å². The maximum absolute atomic E-state index is 10.8. The lowest BCUT2D eigenvalue weighted by Gasteiger charge is -2.27. The number of hydrogen-bond donors (Lipinski definition) is 3. The molecule has 0 spiro atoms. The van der Waals surface area contributed by atoms with E-state index in [1.54, 1.807) is 6.92 Å². The van der Waals surface area contributed by atoms with E-state index in [4.69, 9.17) is 5.73 Å². The van der Waals surface area contributed by atoms with Gasteiger partial charge in [-0.25, -0.2) is 4.79 Å². The number of amides is 3. The van der Waals surface area contributed by atoms with Gasteiger partial charge in [0.1, 0.15) is 5.54 Å². The fourth-order valence-corrected chi connectivity index (χ4v) is 0.634. The van der Waals surface area contributed by atoms with Crippen molar-refractivity contribution in [3.8, 4) is 0 Å². The highest BCUT2D eigenvalue weighted by molar-refractivity contribution is 6.01. The lowest BCUT2D eigenvalue weighted by Crippen LogP contribution is -2.65. The molecule has 1 fully saturated rings. The van der Waals surface area contributed by atoms with Crippen molar-refractivity contribution in [2.75, 3.05) is 6.54 Å². The number of imide groups is 1. The van der Waals surface area contributed by atoms with Gasteiger partial charge in [0.2, 0.25) is 5.91 Å². The molecule has 1 atom stereocenters. The molecule has 0 aliphatic carbocycles. The number of hydrogen-bond acceptors (Lipinski definition) is 3. The molecule has 1 heterocycles. The lowest BCUT2D eigenvalue weighted by molar-refractivity contribution is -0.125. The molecule has 0 aromatic heterocycles. The highest BCUT2D eigenvalue weighted by Gasteiger charge is 2.33. The molecule has 1 rings (SSSR count). The molecule has 1 saturated heterocycles. The monoisotopic (exact) mass is 143 g/mol. The quantitative estimate of drug-likeness (QED) is 0.387. The highest BCUT2D eigenvalue weighted by Crippen LogP contribution is 2.00. The Balaban J connectivity index is 2.70. The van der Waals surface area contributed by atoms with E-state index in [0.717, 1.165) is 0 Å². The van der Waals surface area contributed by atoms with Crippen LogP contribution in [0.25, 0.3) is 0 Å². The standard InChI is InChI=1S/C5H9N3O2/c1-5(6)2-7-4(10)8-3(5)9/h2,6H2,1H3,(H2,7,8,9,10)/t5-/m0/s1. The summed E-state index contributed by atoms with van der Waals surface area (Å²) in [5, 5.41) is 4.46. The summed E-state index contributed by atoms with van der Waals surface area (Å²) in [6, 6.07) is -0.479. The Bertz CT molecular complexity index is 187. The van der Waals surface area contributed by atoms with Crippen LogP contribution in [-0.2, 0) is 4.79 Å². The minimum atomic E-state index is -0.964. The van der Waals surface area contributed by atoms with Crippen molar-refractivity contribution in [1.29, 1.82) is 0 Å². The summed E-state index contributed by atoms with van der Waals surface area (Å²) in [6.07, 6.45) is 0. The Morgan fingerprint density at radius 3 is 2.60 bits per heavy atom. The molecule has 5 heteroatoms. The minimum absolute atomic E-state index is 0.192. The molecule has 10 heavy (non-hydrogen) atoms. The number of nitrogens with two attached hydrogens (primary N) is 1. The van der Waals surface area contributed by atoms with Crippen LogP contribution in [0.15, 0.2) is 0 Å². The van der Waals surface area contributed by atoms with E-state index < -0.39 is 17.5 Å². The van der Waals surface area contributed by atoms with Crippen LogP contribution in [-0.4, -0.2) is 24.0 Å². The fourth-order valence-electron chi connectivity index (χ4n) is 0.634. The molecule has 4 N–H and O–H groups in total. The van der Waals surface area contributed by atoms with Crippen LogP contribution in [0, 0.1) is 0 Å². The molecule has 1 aliphatic heterocycles. The second-order valence-corrected chi connectivity index (χ2v) is 2.55. The minimum Gasteiger partial charge on any atom is -0.335 e. The van der Waals surface area contributed by atoms with Gasteiger partial charge in [-0.3, -0.25) is 10.1 Å². The van der Waals surface area contributed by atoms with E-state index in [2.05, 4.69) is 10.6 Å². The Hall–Kier alpha value is -1.10. The van der Waals surface area contributed by atoms with Gasteiger partial charge in [-0.2, -0.15) is 0 Å². The van der Waals surface area contributed by atoms with Gasteiger partial charge < -0.3 is 11.1 Å². The van der Waals surface area contributed by atoms with E-state index in [0.29, 0.717) is 0 Å². The van der Waals surface area contributed by atoms with E-state index in [-0.39, 0.29) is 6.54 Å². The summed E-state index contributed by atoms with van der Waals surface area (Å²) in [5.74, 6) is -0.434. The molecule has 0 aromatic rings. The van der Waals surface area contributed by atoms with Crippen LogP contribution in [0.2, 0.25) is 0 Å². The largest absolute Gasteiger partial charge is 0.335 e. The molecule has 1 aliphatic rings. The first-order chi connectivity index (χ1) is 4.52. The summed E-state index contributed by atoms with van der Waals surface area (Å²) in [4.78, 5) is 21.3. The van der Waals surface area contributed by atoms with Crippen LogP contribution in [0.1, 0.15) is 6.92 Å². The third kappa shape index (κ3) is 1.08. The number of urea groups is 1. The van der Waals surface area contributed by atoms with Crippen LogP contribution in [0.5, 0.6) is 0 Å². The number of rotatable bonds is 0. The Morgan fingerprint density at radius 2 is 2.20 bits per heavy atom. The first kappa shape index (κ1) is 7.01. The van der Waals surface area contributed by atoms with Gasteiger partial charge in [0.25, 0.3) is 0 Å². The van der Waals surface area contributed by atoms with Gasteiger partial charge in [-0.1, -0.05) is 0 Å². The van der Waals surface area contributed by atoms with Crippen LogP contribution < -0.4 is 16.4 Å². The molecule has 0 radical (unpaired) electrons. The predicted molar refractivity (Wildman–Crippen MR) is 34.1 cm³/mol. The second-order valence-electron chi connectivity index (χ2n) is 2.55. The first-order valence-electron chi connectivity index (χ1n) is 2.90. The Kier molecular flexibility index (Phi) is 1.37. The van der Waals surface area contributed by atoms with Crippen molar-refractivity contribution in [3.63, 3.8) is 0 Å². The van der Waals surface area contributed by atoms with Crippen molar-refractivity contribution in [1.82, 2.24) is 10.6 Å². The van der Waals surface area contributed by atoms with E-state index in [1.807, 2.05) is 0 Å². The molecular weight excluding hydrogens is 134 g/mol. The Morgan fingerprint density at radius 1 is 1.60 bits per heavy atom. The smallest absolute Gasteiger partial charge is 0.321 e. The van der Waals surface area contributed by atoms with Crippen LogP contribution >= 0.6 is 0 Å². The summed E-state index contributed by atoms with van der Waals surface area (Å²) < 4.78 is 0. The van der Waals surface area contributed by atoms with Gasteiger partial charge in [0.15, 0.2) is 0 Å². The maximum atomic E-state index is 10.8. The third-order valence-corrected chi connectivity index (χ3v) is 1.36. The summed E-state index contributed by atoms with van der Waals surface area (Å²) >= 11 is 0. The van der Waals surface area contributed by atoms with Crippen molar-refractivity contribution in [2.24, 2.45) is 5.73 Å². The Labute approximate surface area is 58.0 Å². The highest BCUT2D eigenvalue weighted by atomic mass is 16.2. The second kappa shape index (κ2) is 1.95.